The van der Waals surface area contributed by atoms with E-state index in [1.807, 2.05) is 0 Å². The lowest BCUT2D eigenvalue weighted by Gasteiger charge is -2.15. The van der Waals surface area contributed by atoms with Crippen molar-refractivity contribution in [3.8, 4) is 0 Å². The Bertz CT molecular complexity index is 459. The minimum Gasteiger partial charge on any atom is -0.480 e. The van der Waals surface area contributed by atoms with E-state index >= 15 is 0 Å². The molecule has 110 valence electrons. The molecule has 0 saturated heterocycles. The number of rotatable bonds is 9. The van der Waals surface area contributed by atoms with Crippen LogP contribution in [0.15, 0.2) is 24.3 Å². The van der Waals surface area contributed by atoms with Crippen LogP contribution in [0.25, 0.3) is 0 Å². The van der Waals surface area contributed by atoms with Gasteiger partial charge in [-0.05, 0) is 30.7 Å². The number of benzene rings is 1. The average molecular weight is 279 g/mol. The summed E-state index contributed by atoms with van der Waals surface area (Å²) in [5.74, 6) is -2.05. The Labute approximate surface area is 118 Å². The maximum absolute atomic E-state index is 11.3. The van der Waals surface area contributed by atoms with Crippen LogP contribution in [-0.4, -0.2) is 28.7 Å². The molecule has 0 heterocycles. The largest absolute Gasteiger partial charge is 0.480 e. The Kier molecular flexibility index (Phi) is 6.73. The maximum atomic E-state index is 11.3. The number of carbonyl (C=O) groups is 2. The highest BCUT2D eigenvalue weighted by Gasteiger charge is 2.19. The van der Waals surface area contributed by atoms with Crippen molar-refractivity contribution in [2.45, 2.75) is 38.6 Å². The molecule has 1 aromatic carbocycles. The molecular formula is C15H21NO4. The van der Waals surface area contributed by atoms with Crippen molar-refractivity contribution in [2.75, 3.05) is 6.54 Å². The van der Waals surface area contributed by atoms with Crippen molar-refractivity contribution in [2.24, 2.45) is 0 Å². The number of unbranched alkanes of at least 4 members (excludes halogenated alkanes) is 3. The summed E-state index contributed by atoms with van der Waals surface area (Å²) in [4.78, 5) is 22.2. The minimum atomic E-state index is -1.06. The number of carboxylic acid groups (broad SMARTS) is 2. The van der Waals surface area contributed by atoms with Crippen LogP contribution >= 0.6 is 0 Å². The fraction of sp³-hybridized carbons (Fsp3) is 0.467. The Morgan fingerprint density at radius 1 is 1.20 bits per heavy atom. The number of nitrogens with one attached hydrogen (secondary N) is 1. The molecule has 0 aliphatic rings. The van der Waals surface area contributed by atoms with Gasteiger partial charge < -0.3 is 15.5 Å². The molecule has 1 atom stereocenters. The molecule has 0 aromatic heterocycles. The number of aromatic carboxylic acids is 1. The summed E-state index contributed by atoms with van der Waals surface area (Å²) in [6.45, 7) is 2.72. The highest BCUT2D eigenvalue weighted by atomic mass is 16.4. The first kappa shape index (κ1) is 16.2. The zero-order valence-electron chi connectivity index (χ0n) is 11.6. The van der Waals surface area contributed by atoms with Gasteiger partial charge in [0.05, 0.1) is 5.56 Å². The maximum Gasteiger partial charge on any atom is 0.335 e. The van der Waals surface area contributed by atoms with Gasteiger partial charge in [0.15, 0.2) is 0 Å². The normalized spacial score (nSPS) is 12.1. The first-order valence-electron chi connectivity index (χ1n) is 6.85. The van der Waals surface area contributed by atoms with Crippen molar-refractivity contribution in [1.82, 2.24) is 5.32 Å². The first-order chi connectivity index (χ1) is 9.56. The molecule has 1 rings (SSSR count). The average Bonchev–Trinajstić information content (AvgIpc) is 2.42. The molecule has 0 amide bonds. The lowest BCUT2D eigenvalue weighted by atomic mass is 10.0. The van der Waals surface area contributed by atoms with Gasteiger partial charge in [0, 0.05) is 0 Å². The van der Waals surface area contributed by atoms with Crippen molar-refractivity contribution < 1.29 is 19.8 Å². The van der Waals surface area contributed by atoms with Crippen LogP contribution in [-0.2, 0) is 4.79 Å². The molecule has 5 heteroatoms. The Morgan fingerprint density at radius 2 is 1.95 bits per heavy atom. The van der Waals surface area contributed by atoms with Crippen LogP contribution in [0.1, 0.15) is 54.6 Å². The van der Waals surface area contributed by atoms with Crippen molar-refractivity contribution in [3.05, 3.63) is 35.4 Å². The molecular weight excluding hydrogens is 258 g/mol. The zero-order chi connectivity index (χ0) is 15.0. The first-order valence-corrected chi connectivity index (χ1v) is 6.85. The predicted octanol–water partition coefficient (Wildman–Crippen LogP) is 2.68. The summed E-state index contributed by atoms with van der Waals surface area (Å²) in [5.41, 5.74) is 0.564. The van der Waals surface area contributed by atoms with Gasteiger partial charge in [0.2, 0.25) is 0 Å². The molecule has 0 radical (unpaired) electrons. The second-order valence-electron chi connectivity index (χ2n) is 4.72. The van der Waals surface area contributed by atoms with E-state index in [9.17, 15) is 14.7 Å². The van der Waals surface area contributed by atoms with Crippen molar-refractivity contribution in [1.29, 1.82) is 0 Å². The SMILES string of the molecule is CCCCCCN[C@H](C(=O)O)c1cccc(C(=O)O)c1. The van der Waals surface area contributed by atoms with Gasteiger partial charge in [-0.25, -0.2) is 4.79 Å². The molecule has 5 nitrogen and oxygen atoms in total. The Morgan fingerprint density at radius 3 is 2.55 bits per heavy atom. The highest BCUT2D eigenvalue weighted by molar-refractivity contribution is 5.88. The monoisotopic (exact) mass is 279 g/mol. The van der Waals surface area contributed by atoms with Gasteiger partial charge in [-0.2, -0.15) is 0 Å². The van der Waals surface area contributed by atoms with Gasteiger partial charge in [-0.3, -0.25) is 4.79 Å². The fourth-order valence-corrected chi connectivity index (χ4v) is 2.00. The summed E-state index contributed by atoms with van der Waals surface area (Å²) in [5, 5.41) is 21.2. The third-order valence-corrected chi connectivity index (χ3v) is 3.09. The van der Waals surface area contributed by atoms with Gasteiger partial charge in [0.25, 0.3) is 0 Å². The summed E-state index contributed by atoms with van der Waals surface area (Å²) in [6.07, 6.45) is 4.23. The molecule has 0 saturated carbocycles. The quantitative estimate of drug-likeness (QED) is 0.605. The van der Waals surface area contributed by atoms with E-state index in [4.69, 9.17) is 5.11 Å². The van der Waals surface area contributed by atoms with E-state index in [1.165, 1.54) is 12.1 Å². The molecule has 0 aliphatic carbocycles. The standard InChI is InChI=1S/C15H21NO4/c1-2-3-4-5-9-16-13(15(19)20)11-7-6-8-12(10-11)14(17)18/h6-8,10,13,16H,2-5,9H2,1H3,(H,17,18)(H,19,20)/t13-/m0/s1. The molecule has 0 unspecified atom stereocenters. The van der Waals surface area contributed by atoms with Gasteiger partial charge >= 0.3 is 11.9 Å². The third-order valence-electron chi connectivity index (χ3n) is 3.09. The van der Waals surface area contributed by atoms with Crippen LogP contribution in [0.5, 0.6) is 0 Å². The smallest absolute Gasteiger partial charge is 0.335 e. The fourth-order valence-electron chi connectivity index (χ4n) is 2.00. The molecule has 0 aliphatic heterocycles. The number of carboxylic acids is 2. The van der Waals surface area contributed by atoms with Crippen LogP contribution in [0.4, 0.5) is 0 Å². The van der Waals surface area contributed by atoms with E-state index < -0.39 is 18.0 Å². The number of hydrogen-bond donors (Lipinski definition) is 3. The van der Waals surface area contributed by atoms with E-state index in [0.717, 1.165) is 25.7 Å². The minimum absolute atomic E-state index is 0.0986. The lowest BCUT2D eigenvalue weighted by Crippen LogP contribution is -2.29. The number of hydrogen-bond acceptors (Lipinski definition) is 3. The molecule has 3 N–H and O–H groups in total. The molecule has 0 fully saturated rings. The molecule has 0 bridgehead atoms. The van der Waals surface area contributed by atoms with Crippen LogP contribution in [0.3, 0.4) is 0 Å². The molecule has 0 spiro atoms. The van der Waals surface area contributed by atoms with Crippen molar-refractivity contribution >= 4 is 11.9 Å². The second-order valence-corrected chi connectivity index (χ2v) is 4.72. The molecule has 1 aromatic rings. The summed E-state index contributed by atoms with van der Waals surface area (Å²) in [7, 11) is 0. The van der Waals surface area contributed by atoms with Gasteiger partial charge in [-0.1, -0.05) is 38.3 Å². The third kappa shape index (κ3) is 5.01. The van der Waals surface area contributed by atoms with E-state index in [-0.39, 0.29) is 5.56 Å². The number of aliphatic carboxylic acids is 1. The van der Waals surface area contributed by atoms with Gasteiger partial charge in [-0.15, -0.1) is 0 Å². The van der Waals surface area contributed by atoms with Crippen molar-refractivity contribution in [3.63, 3.8) is 0 Å². The Hall–Kier alpha value is -1.88. The van der Waals surface area contributed by atoms with Crippen LogP contribution in [0.2, 0.25) is 0 Å². The second kappa shape index (κ2) is 8.32. The van der Waals surface area contributed by atoms with Gasteiger partial charge in [0.1, 0.15) is 6.04 Å². The van der Waals surface area contributed by atoms with Crippen LogP contribution in [0, 0.1) is 0 Å². The summed E-state index contributed by atoms with van der Waals surface area (Å²) in [6, 6.07) is 5.18. The van der Waals surface area contributed by atoms with Crippen LogP contribution < -0.4 is 5.32 Å². The van der Waals surface area contributed by atoms with E-state index in [2.05, 4.69) is 12.2 Å². The predicted molar refractivity (Wildman–Crippen MR) is 75.9 cm³/mol. The topological polar surface area (TPSA) is 86.6 Å². The summed E-state index contributed by atoms with van der Waals surface area (Å²) >= 11 is 0. The Balaban J connectivity index is 2.68. The summed E-state index contributed by atoms with van der Waals surface area (Å²) < 4.78 is 0. The molecule has 20 heavy (non-hydrogen) atoms. The van der Waals surface area contributed by atoms with E-state index in [0.29, 0.717) is 12.1 Å². The lowest BCUT2D eigenvalue weighted by molar-refractivity contribution is -0.139. The van der Waals surface area contributed by atoms with E-state index in [1.54, 1.807) is 12.1 Å². The zero-order valence-corrected chi connectivity index (χ0v) is 11.6. The highest BCUT2D eigenvalue weighted by Crippen LogP contribution is 2.15.